The number of carbonyl (C=O) groups is 1. The fraction of sp³-hybridized carbons (Fsp3) is 0.444. The Morgan fingerprint density at radius 1 is 1.40 bits per heavy atom. The summed E-state index contributed by atoms with van der Waals surface area (Å²) in [5.74, 6) is -1.85. The molecule has 2 heterocycles. The molecule has 25 heavy (non-hydrogen) atoms. The summed E-state index contributed by atoms with van der Waals surface area (Å²) in [4.78, 5) is 16.8. The summed E-state index contributed by atoms with van der Waals surface area (Å²) in [5.41, 5.74) is 1.49. The van der Waals surface area contributed by atoms with Crippen LogP contribution in [0.4, 0.5) is 8.78 Å². The SMILES string of the molecule is CCc1nc(CC(=O)NC2CNCCC2c2ccc(F)c(F)c2)cs1. The van der Waals surface area contributed by atoms with E-state index in [-0.39, 0.29) is 24.3 Å². The van der Waals surface area contributed by atoms with Crippen LogP contribution in [0, 0.1) is 11.6 Å². The van der Waals surface area contributed by atoms with E-state index in [0.29, 0.717) is 12.1 Å². The molecule has 134 valence electrons. The number of nitrogens with zero attached hydrogens (tertiary/aromatic N) is 1. The zero-order valence-electron chi connectivity index (χ0n) is 14.0. The molecule has 0 bridgehead atoms. The zero-order valence-corrected chi connectivity index (χ0v) is 14.8. The first kappa shape index (κ1) is 17.9. The second-order valence-corrected chi connectivity index (χ2v) is 7.15. The summed E-state index contributed by atoms with van der Waals surface area (Å²) < 4.78 is 26.7. The summed E-state index contributed by atoms with van der Waals surface area (Å²) >= 11 is 1.56. The van der Waals surface area contributed by atoms with Crippen molar-refractivity contribution in [1.82, 2.24) is 15.6 Å². The average molecular weight is 365 g/mol. The van der Waals surface area contributed by atoms with Gasteiger partial charge >= 0.3 is 0 Å². The third-order valence-electron chi connectivity index (χ3n) is 4.44. The molecule has 1 aromatic carbocycles. The zero-order chi connectivity index (χ0) is 17.8. The van der Waals surface area contributed by atoms with Gasteiger partial charge in [0.1, 0.15) is 0 Å². The molecule has 0 aliphatic carbocycles. The minimum absolute atomic E-state index is 0.0399. The monoisotopic (exact) mass is 365 g/mol. The highest BCUT2D eigenvalue weighted by molar-refractivity contribution is 7.09. The van der Waals surface area contributed by atoms with Gasteiger partial charge in [-0.2, -0.15) is 0 Å². The highest BCUT2D eigenvalue weighted by Crippen LogP contribution is 2.27. The quantitative estimate of drug-likeness (QED) is 0.857. The fourth-order valence-electron chi connectivity index (χ4n) is 3.17. The molecule has 0 saturated carbocycles. The van der Waals surface area contributed by atoms with Crippen molar-refractivity contribution in [1.29, 1.82) is 0 Å². The van der Waals surface area contributed by atoms with Crippen molar-refractivity contribution < 1.29 is 13.6 Å². The Hall–Kier alpha value is -1.86. The highest BCUT2D eigenvalue weighted by atomic mass is 32.1. The summed E-state index contributed by atoms with van der Waals surface area (Å²) in [6.45, 7) is 3.41. The molecule has 1 aromatic heterocycles. The van der Waals surface area contributed by atoms with Crippen LogP contribution in [-0.4, -0.2) is 30.0 Å². The predicted octanol–water partition coefficient (Wildman–Crippen LogP) is 2.79. The third kappa shape index (κ3) is 4.41. The van der Waals surface area contributed by atoms with Gasteiger partial charge in [-0.05, 0) is 37.1 Å². The molecule has 2 aromatic rings. The van der Waals surface area contributed by atoms with Crippen molar-refractivity contribution in [2.24, 2.45) is 0 Å². The minimum Gasteiger partial charge on any atom is -0.351 e. The van der Waals surface area contributed by atoms with E-state index in [1.165, 1.54) is 6.07 Å². The van der Waals surface area contributed by atoms with Gasteiger partial charge in [0, 0.05) is 23.9 Å². The number of aromatic nitrogens is 1. The van der Waals surface area contributed by atoms with Gasteiger partial charge in [0.05, 0.1) is 17.1 Å². The van der Waals surface area contributed by atoms with Crippen molar-refractivity contribution in [3.05, 3.63) is 51.5 Å². The van der Waals surface area contributed by atoms with E-state index in [1.807, 2.05) is 12.3 Å². The smallest absolute Gasteiger partial charge is 0.226 e. The number of benzene rings is 1. The van der Waals surface area contributed by atoms with Gasteiger partial charge in [-0.25, -0.2) is 13.8 Å². The molecular weight excluding hydrogens is 344 g/mol. The number of thiazole rings is 1. The Morgan fingerprint density at radius 2 is 2.24 bits per heavy atom. The van der Waals surface area contributed by atoms with Crippen LogP contribution in [-0.2, 0) is 17.6 Å². The van der Waals surface area contributed by atoms with E-state index in [0.717, 1.165) is 36.2 Å². The van der Waals surface area contributed by atoms with Gasteiger partial charge in [-0.3, -0.25) is 4.79 Å². The van der Waals surface area contributed by atoms with Crippen LogP contribution in [0.5, 0.6) is 0 Å². The van der Waals surface area contributed by atoms with E-state index in [9.17, 15) is 13.6 Å². The lowest BCUT2D eigenvalue weighted by Crippen LogP contribution is -2.50. The van der Waals surface area contributed by atoms with Gasteiger partial charge in [0.25, 0.3) is 0 Å². The molecule has 0 radical (unpaired) electrons. The lowest BCUT2D eigenvalue weighted by molar-refractivity contribution is -0.121. The van der Waals surface area contributed by atoms with Crippen LogP contribution in [0.2, 0.25) is 0 Å². The Morgan fingerprint density at radius 3 is 2.96 bits per heavy atom. The maximum absolute atomic E-state index is 13.6. The van der Waals surface area contributed by atoms with Crippen molar-refractivity contribution in [2.75, 3.05) is 13.1 Å². The van der Waals surface area contributed by atoms with E-state index in [2.05, 4.69) is 15.6 Å². The van der Waals surface area contributed by atoms with Crippen molar-refractivity contribution in [2.45, 2.75) is 38.1 Å². The summed E-state index contributed by atoms with van der Waals surface area (Å²) in [7, 11) is 0. The molecule has 1 amide bonds. The van der Waals surface area contributed by atoms with Crippen molar-refractivity contribution >= 4 is 17.2 Å². The summed E-state index contributed by atoms with van der Waals surface area (Å²) in [5, 5.41) is 9.19. The van der Waals surface area contributed by atoms with Crippen LogP contribution in [0.1, 0.15) is 35.5 Å². The Labute approximate surface area is 149 Å². The maximum Gasteiger partial charge on any atom is 0.226 e. The number of carbonyl (C=O) groups excluding carboxylic acids is 1. The first-order chi connectivity index (χ1) is 12.1. The number of halogens is 2. The summed E-state index contributed by atoms with van der Waals surface area (Å²) in [6, 6.07) is 3.82. The lowest BCUT2D eigenvalue weighted by Gasteiger charge is -2.33. The lowest BCUT2D eigenvalue weighted by atomic mass is 9.86. The molecular formula is C18H21F2N3OS. The largest absolute Gasteiger partial charge is 0.351 e. The second-order valence-electron chi connectivity index (χ2n) is 6.21. The summed E-state index contributed by atoms with van der Waals surface area (Å²) in [6.07, 6.45) is 1.85. The number of aryl methyl sites for hydroxylation is 1. The van der Waals surface area contributed by atoms with Gasteiger partial charge in [0.15, 0.2) is 11.6 Å². The number of rotatable bonds is 5. The number of hydrogen-bond acceptors (Lipinski definition) is 4. The number of nitrogens with one attached hydrogen (secondary N) is 2. The number of hydrogen-bond donors (Lipinski definition) is 2. The van der Waals surface area contributed by atoms with Crippen LogP contribution >= 0.6 is 11.3 Å². The first-order valence-corrected chi connectivity index (χ1v) is 9.33. The van der Waals surface area contributed by atoms with Crippen LogP contribution in [0.3, 0.4) is 0 Å². The Balaban J connectivity index is 1.67. The molecule has 1 aliphatic rings. The fourth-order valence-corrected chi connectivity index (χ4v) is 3.91. The Bertz CT molecular complexity index is 750. The van der Waals surface area contributed by atoms with Gasteiger partial charge in [0.2, 0.25) is 5.91 Å². The van der Waals surface area contributed by atoms with E-state index < -0.39 is 11.6 Å². The van der Waals surface area contributed by atoms with Crippen LogP contribution < -0.4 is 10.6 Å². The van der Waals surface area contributed by atoms with E-state index in [4.69, 9.17) is 0 Å². The van der Waals surface area contributed by atoms with Crippen LogP contribution in [0.15, 0.2) is 23.6 Å². The standard InChI is InChI=1S/C18H21F2N3OS/c1-2-18-22-12(10-25-18)8-17(24)23-16-9-21-6-5-13(16)11-3-4-14(19)15(20)7-11/h3-4,7,10,13,16,21H,2,5-6,8-9H2,1H3,(H,23,24). The highest BCUT2D eigenvalue weighted by Gasteiger charge is 2.28. The normalized spacial score (nSPS) is 20.4. The molecule has 3 rings (SSSR count). The van der Waals surface area contributed by atoms with Crippen molar-refractivity contribution in [3.63, 3.8) is 0 Å². The molecule has 2 atom stereocenters. The molecule has 7 heteroatoms. The minimum atomic E-state index is -0.853. The van der Waals surface area contributed by atoms with Crippen molar-refractivity contribution in [3.8, 4) is 0 Å². The maximum atomic E-state index is 13.6. The molecule has 1 fully saturated rings. The number of piperidine rings is 1. The topological polar surface area (TPSA) is 54.0 Å². The average Bonchev–Trinajstić information content (AvgIpc) is 3.05. The molecule has 2 unspecified atom stereocenters. The molecule has 1 aliphatic heterocycles. The van der Waals surface area contributed by atoms with E-state index >= 15 is 0 Å². The molecule has 4 nitrogen and oxygen atoms in total. The third-order valence-corrected chi connectivity index (χ3v) is 5.49. The number of amides is 1. The molecule has 0 spiro atoms. The molecule has 1 saturated heterocycles. The first-order valence-electron chi connectivity index (χ1n) is 8.45. The predicted molar refractivity (Wildman–Crippen MR) is 93.7 cm³/mol. The van der Waals surface area contributed by atoms with Gasteiger partial charge in [-0.15, -0.1) is 11.3 Å². The van der Waals surface area contributed by atoms with E-state index in [1.54, 1.807) is 17.4 Å². The Kier molecular flexibility index (Phi) is 5.75. The van der Waals surface area contributed by atoms with Crippen LogP contribution in [0.25, 0.3) is 0 Å². The second kappa shape index (κ2) is 8.01. The molecule has 2 N–H and O–H groups in total. The van der Waals surface area contributed by atoms with Gasteiger partial charge in [-0.1, -0.05) is 13.0 Å². The van der Waals surface area contributed by atoms with Gasteiger partial charge < -0.3 is 10.6 Å².